The maximum atomic E-state index is 4.26. The quantitative estimate of drug-likeness (QED) is 0.751. The van der Waals surface area contributed by atoms with Crippen LogP contribution in [0.15, 0.2) is 36.5 Å². The number of aryl methyl sites for hydroxylation is 2. The minimum absolute atomic E-state index is 0.924. The molecular weight excluding hydrogens is 210 g/mol. The van der Waals surface area contributed by atoms with Gasteiger partial charge in [-0.2, -0.15) is 0 Å². The molecule has 2 heterocycles. The van der Waals surface area contributed by atoms with E-state index in [-0.39, 0.29) is 0 Å². The molecule has 1 aromatic heterocycles. The maximum Gasteiger partial charge on any atom is 0.122 e. The molecule has 17 heavy (non-hydrogen) atoms. The molecule has 3 rings (SSSR count). The van der Waals surface area contributed by atoms with Gasteiger partial charge in [0.2, 0.25) is 0 Å². The number of hydrogen-bond donors (Lipinski definition) is 1. The van der Waals surface area contributed by atoms with E-state index in [1.54, 1.807) is 0 Å². The maximum absolute atomic E-state index is 4.26. The molecule has 3 heteroatoms. The summed E-state index contributed by atoms with van der Waals surface area (Å²) in [5, 5.41) is 3.27. The largest absolute Gasteiger partial charge is 0.330 e. The highest BCUT2D eigenvalue weighted by Crippen LogP contribution is 2.06. The average Bonchev–Trinajstić information content (AvgIpc) is 2.74. The molecule has 0 saturated carbocycles. The van der Waals surface area contributed by atoms with Gasteiger partial charge in [-0.15, -0.1) is 0 Å². The topological polar surface area (TPSA) is 29.9 Å². The van der Waals surface area contributed by atoms with Gasteiger partial charge in [-0.3, -0.25) is 0 Å². The molecule has 0 amide bonds. The van der Waals surface area contributed by atoms with Crippen molar-refractivity contribution in [3.63, 3.8) is 0 Å². The van der Waals surface area contributed by atoms with Gasteiger partial charge in [-0.25, -0.2) is 4.98 Å². The number of nitrogens with one attached hydrogen (secondary N) is 1. The molecule has 3 nitrogen and oxygen atoms in total. The molecule has 0 spiro atoms. The Morgan fingerprint density at radius 3 is 2.53 bits per heavy atom. The fraction of sp³-hybridized carbons (Fsp3) is 0.357. The van der Waals surface area contributed by atoms with E-state index >= 15 is 0 Å². The van der Waals surface area contributed by atoms with Crippen LogP contribution >= 0.6 is 0 Å². The molecule has 0 aliphatic carbocycles. The predicted octanol–water partition coefficient (Wildman–Crippen LogP) is 2.29. The molecule has 0 fully saturated rings. The van der Waals surface area contributed by atoms with Gasteiger partial charge in [-0.1, -0.05) is 35.9 Å². The van der Waals surface area contributed by atoms with E-state index in [0.717, 1.165) is 19.6 Å². The first kappa shape index (κ1) is 11.9. The van der Waals surface area contributed by atoms with Gasteiger partial charge in [0, 0.05) is 25.0 Å². The standard InChI is InChI=1S/C7H11N3.C7H8/c1-6-4-9-7-5-8-2-3-10(6)7;1-7-5-3-2-4-6-7/h4,8H,2-3,5H2,1H3;2-6H,1H3. The molecule has 0 radical (unpaired) electrons. The summed E-state index contributed by atoms with van der Waals surface area (Å²) in [5.41, 5.74) is 2.60. The van der Waals surface area contributed by atoms with Crippen LogP contribution < -0.4 is 5.32 Å². The summed E-state index contributed by atoms with van der Waals surface area (Å²) in [5.74, 6) is 1.17. The van der Waals surface area contributed by atoms with Crippen LogP contribution in [0.5, 0.6) is 0 Å². The first-order valence-corrected chi connectivity index (χ1v) is 6.01. The zero-order valence-corrected chi connectivity index (χ0v) is 10.5. The first-order chi connectivity index (χ1) is 8.27. The zero-order chi connectivity index (χ0) is 12.1. The lowest BCUT2D eigenvalue weighted by atomic mass is 10.2. The lowest BCUT2D eigenvalue weighted by Gasteiger charge is -2.15. The Labute approximate surface area is 103 Å². The van der Waals surface area contributed by atoms with Gasteiger partial charge in [0.1, 0.15) is 5.82 Å². The van der Waals surface area contributed by atoms with Crippen molar-refractivity contribution in [3.8, 4) is 0 Å². The first-order valence-electron chi connectivity index (χ1n) is 6.01. The van der Waals surface area contributed by atoms with Gasteiger partial charge in [0.05, 0.1) is 6.54 Å². The van der Waals surface area contributed by atoms with Crippen LogP contribution in [0.4, 0.5) is 0 Å². The summed E-state index contributed by atoms with van der Waals surface area (Å²) in [6.45, 7) is 7.25. The fourth-order valence-electron chi connectivity index (χ4n) is 1.88. The van der Waals surface area contributed by atoms with E-state index in [4.69, 9.17) is 0 Å². The summed E-state index contributed by atoms with van der Waals surface area (Å²) in [4.78, 5) is 4.26. The Morgan fingerprint density at radius 1 is 1.18 bits per heavy atom. The second-order valence-electron chi connectivity index (χ2n) is 4.30. The van der Waals surface area contributed by atoms with E-state index in [9.17, 15) is 0 Å². The third-order valence-electron chi connectivity index (χ3n) is 2.87. The van der Waals surface area contributed by atoms with E-state index in [0.29, 0.717) is 0 Å². The van der Waals surface area contributed by atoms with Crippen molar-refractivity contribution in [1.29, 1.82) is 0 Å². The Morgan fingerprint density at radius 2 is 1.94 bits per heavy atom. The van der Waals surface area contributed by atoms with Crippen LogP contribution in [0.1, 0.15) is 17.1 Å². The SMILES string of the molecule is Cc1ccccc1.Cc1cnc2n1CCNC2. The number of rotatable bonds is 0. The molecule has 0 saturated heterocycles. The smallest absolute Gasteiger partial charge is 0.122 e. The fourth-order valence-corrected chi connectivity index (χ4v) is 1.88. The van der Waals surface area contributed by atoms with Crippen molar-refractivity contribution < 1.29 is 0 Å². The number of fused-ring (bicyclic) bond motifs is 1. The summed E-state index contributed by atoms with van der Waals surface area (Å²) in [6, 6.07) is 10.3. The van der Waals surface area contributed by atoms with Gasteiger partial charge < -0.3 is 9.88 Å². The second-order valence-corrected chi connectivity index (χ2v) is 4.30. The molecule has 1 aliphatic rings. The summed E-state index contributed by atoms with van der Waals surface area (Å²) in [6.07, 6.45) is 1.93. The Bertz CT molecular complexity index is 460. The van der Waals surface area contributed by atoms with Crippen LogP contribution in [0.25, 0.3) is 0 Å². The highest BCUT2D eigenvalue weighted by Gasteiger charge is 2.09. The van der Waals surface area contributed by atoms with Gasteiger partial charge in [0.25, 0.3) is 0 Å². The molecule has 1 N–H and O–H groups in total. The Balaban J connectivity index is 0.000000136. The van der Waals surface area contributed by atoms with E-state index in [2.05, 4.69) is 40.8 Å². The normalized spacial score (nSPS) is 13.5. The Hall–Kier alpha value is -1.61. The number of hydrogen-bond acceptors (Lipinski definition) is 2. The van der Waals surface area contributed by atoms with Crippen molar-refractivity contribution in [1.82, 2.24) is 14.9 Å². The van der Waals surface area contributed by atoms with Crippen molar-refractivity contribution in [2.45, 2.75) is 26.9 Å². The molecule has 0 atom stereocenters. The van der Waals surface area contributed by atoms with E-state index in [1.807, 2.05) is 24.4 Å². The second kappa shape index (κ2) is 5.64. The average molecular weight is 229 g/mol. The van der Waals surface area contributed by atoms with Crippen molar-refractivity contribution in [3.05, 3.63) is 53.6 Å². The van der Waals surface area contributed by atoms with E-state index in [1.165, 1.54) is 17.1 Å². The molecular formula is C14H19N3. The van der Waals surface area contributed by atoms with Crippen LogP contribution in [-0.4, -0.2) is 16.1 Å². The number of aromatic nitrogens is 2. The third kappa shape index (κ3) is 3.17. The third-order valence-corrected chi connectivity index (χ3v) is 2.87. The predicted molar refractivity (Wildman–Crippen MR) is 69.8 cm³/mol. The van der Waals surface area contributed by atoms with Gasteiger partial charge >= 0.3 is 0 Å². The molecule has 1 aromatic carbocycles. The van der Waals surface area contributed by atoms with Crippen LogP contribution in [0.2, 0.25) is 0 Å². The number of imidazole rings is 1. The van der Waals surface area contributed by atoms with Crippen molar-refractivity contribution >= 4 is 0 Å². The Kier molecular flexibility index (Phi) is 3.94. The summed E-state index contributed by atoms with van der Waals surface area (Å²) >= 11 is 0. The highest BCUT2D eigenvalue weighted by atomic mass is 15.1. The van der Waals surface area contributed by atoms with Crippen molar-refractivity contribution in [2.24, 2.45) is 0 Å². The van der Waals surface area contributed by atoms with Gasteiger partial charge in [-0.05, 0) is 13.8 Å². The highest BCUT2D eigenvalue weighted by molar-refractivity contribution is 5.11. The van der Waals surface area contributed by atoms with Crippen LogP contribution in [0.3, 0.4) is 0 Å². The lowest BCUT2D eigenvalue weighted by molar-refractivity contribution is 0.499. The molecule has 0 unspecified atom stereocenters. The monoisotopic (exact) mass is 229 g/mol. The van der Waals surface area contributed by atoms with E-state index < -0.39 is 0 Å². The molecule has 0 bridgehead atoms. The summed E-state index contributed by atoms with van der Waals surface area (Å²) < 4.78 is 2.26. The van der Waals surface area contributed by atoms with Crippen molar-refractivity contribution in [2.75, 3.05) is 6.54 Å². The molecule has 90 valence electrons. The number of benzene rings is 1. The summed E-state index contributed by atoms with van der Waals surface area (Å²) in [7, 11) is 0. The number of nitrogens with zero attached hydrogens (tertiary/aromatic N) is 2. The lowest BCUT2D eigenvalue weighted by Crippen LogP contribution is -2.28. The molecule has 2 aromatic rings. The minimum atomic E-state index is 0.924. The van der Waals surface area contributed by atoms with Crippen LogP contribution in [0, 0.1) is 13.8 Å². The molecule has 1 aliphatic heterocycles. The van der Waals surface area contributed by atoms with Gasteiger partial charge in [0.15, 0.2) is 0 Å². The van der Waals surface area contributed by atoms with Crippen LogP contribution in [-0.2, 0) is 13.1 Å². The minimum Gasteiger partial charge on any atom is -0.330 e. The zero-order valence-electron chi connectivity index (χ0n) is 10.5.